The standard InChI is InChI=1S/C23H27NO4/c1-17-10-8-9-15-20(17)24-21(25)16-28-22(26)23(27,18-11-4-2-5-12-18)19-13-6-3-7-14-19/h2-7,11-14,17,20,27H,8-10,15-16H2,1H3,(H,24,25)/t17-,20-/m1/s1. The number of amides is 1. The Labute approximate surface area is 165 Å². The molecule has 2 aromatic carbocycles. The van der Waals surface area contributed by atoms with E-state index in [1.807, 2.05) is 0 Å². The molecule has 0 bridgehead atoms. The first-order valence-corrected chi connectivity index (χ1v) is 9.82. The number of benzene rings is 2. The third-order valence-electron chi connectivity index (χ3n) is 5.47. The summed E-state index contributed by atoms with van der Waals surface area (Å²) in [5, 5.41) is 14.2. The molecular weight excluding hydrogens is 354 g/mol. The molecule has 0 aliphatic heterocycles. The van der Waals surface area contributed by atoms with Crippen LogP contribution >= 0.6 is 0 Å². The molecule has 1 aliphatic rings. The van der Waals surface area contributed by atoms with Crippen LogP contribution in [0.5, 0.6) is 0 Å². The molecule has 1 fully saturated rings. The van der Waals surface area contributed by atoms with Crippen molar-refractivity contribution in [2.75, 3.05) is 6.61 Å². The first-order valence-electron chi connectivity index (χ1n) is 9.82. The molecule has 3 rings (SSSR count). The molecule has 2 atom stereocenters. The summed E-state index contributed by atoms with van der Waals surface area (Å²) < 4.78 is 5.25. The quantitative estimate of drug-likeness (QED) is 0.754. The van der Waals surface area contributed by atoms with Gasteiger partial charge in [-0.3, -0.25) is 4.79 Å². The van der Waals surface area contributed by atoms with E-state index in [1.165, 1.54) is 6.42 Å². The molecule has 2 N–H and O–H groups in total. The van der Waals surface area contributed by atoms with E-state index in [9.17, 15) is 14.7 Å². The SMILES string of the molecule is C[C@@H]1CCCC[C@H]1NC(=O)COC(=O)C(O)(c1ccccc1)c1ccccc1. The fraction of sp³-hybridized carbons (Fsp3) is 0.391. The summed E-state index contributed by atoms with van der Waals surface area (Å²) in [6.45, 7) is 1.71. The Hall–Kier alpha value is -2.66. The second-order valence-electron chi connectivity index (χ2n) is 7.45. The van der Waals surface area contributed by atoms with E-state index in [0.29, 0.717) is 17.0 Å². The van der Waals surface area contributed by atoms with Gasteiger partial charge >= 0.3 is 5.97 Å². The van der Waals surface area contributed by atoms with Crippen molar-refractivity contribution in [1.82, 2.24) is 5.32 Å². The van der Waals surface area contributed by atoms with E-state index in [1.54, 1.807) is 60.7 Å². The zero-order chi connectivity index (χ0) is 20.0. The fourth-order valence-electron chi connectivity index (χ4n) is 3.78. The molecule has 1 amide bonds. The van der Waals surface area contributed by atoms with Gasteiger partial charge in [0.25, 0.3) is 5.91 Å². The van der Waals surface area contributed by atoms with Gasteiger partial charge in [0.05, 0.1) is 0 Å². The molecule has 0 aromatic heterocycles. The van der Waals surface area contributed by atoms with E-state index in [2.05, 4.69) is 12.2 Å². The lowest BCUT2D eigenvalue weighted by Gasteiger charge is -2.30. The van der Waals surface area contributed by atoms with Crippen LogP contribution in [0.2, 0.25) is 0 Å². The number of hydrogen-bond acceptors (Lipinski definition) is 4. The summed E-state index contributed by atoms with van der Waals surface area (Å²) in [5.74, 6) is -0.786. The number of carbonyl (C=O) groups excluding carboxylic acids is 2. The van der Waals surface area contributed by atoms with Crippen molar-refractivity contribution >= 4 is 11.9 Å². The van der Waals surface area contributed by atoms with Gasteiger partial charge in [-0.2, -0.15) is 0 Å². The normalized spacial score (nSPS) is 19.6. The van der Waals surface area contributed by atoms with Crippen LogP contribution in [-0.4, -0.2) is 29.6 Å². The largest absolute Gasteiger partial charge is 0.453 e. The van der Waals surface area contributed by atoms with E-state index in [4.69, 9.17) is 4.74 Å². The highest BCUT2D eigenvalue weighted by Gasteiger charge is 2.42. The Kier molecular flexibility index (Phi) is 6.47. The average molecular weight is 381 g/mol. The second-order valence-corrected chi connectivity index (χ2v) is 7.45. The molecule has 0 unspecified atom stereocenters. The van der Waals surface area contributed by atoms with Gasteiger partial charge in [-0.25, -0.2) is 4.79 Å². The first-order chi connectivity index (χ1) is 13.5. The Morgan fingerprint density at radius 3 is 2.07 bits per heavy atom. The molecule has 1 saturated carbocycles. The van der Waals surface area contributed by atoms with E-state index >= 15 is 0 Å². The van der Waals surface area contributed by atoms with Gasteiger partial charge in [0.15, 0.2) is 6.61 Å². The first kappa shape index (κ1) is 20.1. The molecule has 1 aliphatic carbocycles. The van der Waals surface area contributed by atoms with Gasteiger partial charge in [-0.05, 0) is 29.9 Å². The smallest absolute Gasteiger partial charge is 0.348 e. The van der Waals surface area contributed by atoms with Crippen molar-refractivity contribution in [3.8, 4) is 0 Å². The van der Waals surface area contributed by atoms with Gasteiger partial charge in [0, 0.05) is 6.04 Å². The maximum atomic E-state index is 12.9. The van der Waals surface area contributed by atoms with Gasteiger partial charge in [0.1, 0.15) is 0 Å². The lowest BCUT2D eigenvalue weighted by Crippen LogP contribution is -2.44. The molecular formula is C23H27NO4. The number of carbonyl (C=O) groups is 2. The van der Waals surface area contributed by atoms with Gasteiger partial charge in [-0.15, -0.1) is 0 Å². The van der Waals surface area contributed by atoms with Gasteiger partial charge < -0.3 is 15.2 Å². The minimum absolute atomic E-state index is 0.113. The van der Waals surface area contributed by atoms with Crippen molar-refractivity contribution in [2.45, 2.75) is 44.2 Å². The van der Waals surface area contributed by atoms with Crippen LogP contribution in [0.3, 0.4) is 0 Å². The zero-order valence-corrected chi connectivity index (χ0v) is 16.1. The Bertz CT molecular complexity index is 751. The van der Waals surface area contributed by atoms with Crippen molar-refractivity contribution in [3.05, 3.63) is 71.8 Å². The molecule has 28 heavy (non-hydrogen) atoms. The topological polar surface area (TPSA) is 75.6 Å². The maximum Gasteiger partial charge on any atom is 0.348 e. The Balaban J connectivity index is 1.71. The molecule has 0 spiro atoms. The highest BCUT2D eigenvalue weighted by Crippen LogP contribution is 2.31. The number of hydrogen-bond donors (Lipinski definition) is 2. The van der Waals surface area contributed by atoms with E-state index in [-0.39, 0.29) is 11.9 Å². The summed E-state index contributed by atoms with van der Waals surface area (Å²) in [5.41, 5.74) is -1.18. The monoisotopic (exact) mass is 381 g/mol. The highest BCUT2D eigenvalue weighted by atomic mass is 16.6. The van der Waals surface area contributed by atoms with Crippen LogP contribution in [-0.2, 0) is 19.9 Å². The van der Waals surface area contributed by atoms with Gasteiger partial charge in [-0.1, -0.05) is 80.4 Å². The van der Waals surface area contributed by atoms with Crippen molar-refractivity contribution < 1.29 is 19.4 Å². The zero-order valence-electron chi connectivity index (χ0n) is 16.1. The predicted molar refractivity (Wildman–Crippen MR) is 106 cm³/mol. The van der Waals surface area contributed by atoms with Crippen LogP contribution in [0.25, 0.3) is 0 Å². The predicted octanol–water partition coefficient (Wildman–Crippen LogP) is 3.16. The number of rotatable bonds is 6. The van der Waals surface area contributed by atoms with Crippen LogP contribution in [0, 0.1) is 5.92 Å². The number of esters is 1. The molecule has 0 saturated heterocycles. The van der Waals surface area contributed by atoms with E-state index < -0.39 is 18.2 Å². The molecule has 0 heterocycles. The third kappa shape index (κ3) is 4.42. The van der Waals surface area contributed by atoms with Crippen molar-refractivity contribution in [3.63, 3.8) is 0 Å². The highest BCUT2D eigenvalue weighted by molar-refractivity contribution is 5.88. The average Bonchev–Trinajstić information content (AvgIpc) is 2.74. The van der Waals surface area contributed by atoms with E-state index in [0.717, 1.165) is 19.3 Å². The summed E-state index contributed by atoms with van der Waals surface area (Å²) >= 11 is 0. The molecule has 0 radical (unpaired) electrons. The third-order valence-corrected chi connectivity index (χ3v) is 5.47. The molecule has 5 nitrogen and oxygen atoms in total. The Morgan fingerprint density at radius 2 is 1.54 bits per heavy atom. The molecule has 148 valence electrons. The molecule has 2 aromatic rings. The van der Waals surface area contributed by atoms with Crippen molar-refractivity contribution in [1.29, 1.82) is 0 Å². The summed E-state index contributed by atoms with van der Waals surface area (Å²) in [6, 6.07) is 17.4. The number of ether oxygens (including phenoxy) is 1. The van der Waals surface area contributed by atoms with Gasteiger partial charge in [0.2, 0.25) is 5.60 Å². The fourth-order valence-corrected chi connectivity index (χ4v) is 3.78. The minimum Gasteiger partial charge on any atom is -0.453 e. The maximum absolute atomic E-state index is 12.9. The van der Waals surface area contributed by atoms with Crippen molar-refractivity contribution in [2.24, 2.45) is 5.92 Å². The second kappa shape index (κ2) is 9.02. The Morgan fingerprint density at radius 1 is 1.00 bits per heavy atom. The van der Waals surface area contributed by atoms with Crippen LogP contribution in [0.15, 0.2) is 60.7 Å². The molecule has 5 heteroatoms. The number of aliphatic hydroxyl groups is 1. The summed E-state index contributed by atoms with van der Waals surface area (Å²) in [6.07, 6.45) is 4.31. The number of nitrogens with one attached hydrogen (secondary N) is 1. The summed E-state index contributed by atoms with van der Waals surface area (Å²) in [4.78, 5) is 25.2. The van der Waals surface area contributed by atoms with Crippen LogP contribution in [0.4, 0.5) is 0 Å². The lowest BCUT2D eigenvalue weighted by molar-refractivity contribution is -0.164. The minimum atomic E-state index is -1.97. The summed E-state index contributed by atoms with van der Waals surface area (Å²) in [7, 11) is 0. The van der Waals surface area contributed by atoms with Crippen LogP contribution in [0.1, 0.15) is 43.7 Å². The lowest BCUT2D eigenvalue weighted by atomic mass is 9.86. The van der Waals surface area contributed by atoms with Crippen LogP contribution < -0.4 is 5.32 Å².